The summed E-state index contributed by atoms with van der Waals surface area (Å²) in [4.78, 5) is -0.395. The van der Waals surface area contributed by atoms with Crippen LogP contribution < -0.4 is 14.6 Å². The molecule has 1 rings (SSSR count). The molecule has 9 nitrogen and oxygen atoms in total. The number of hydrogen-bond acceptors (Lipinski definition) is 5. The van der Waals surface area contributed by atoms with E-state index in [1.54, 1.807) is 0 Å². The first-order valence-electron chi connectivity index (χ1n) is 3.93. The predicted octanol–water partition coefficient (Wildman–Crippen LogP) is -2.06. The normalized spacial score (nSPS) is 12.7. The second-order valence-electron chi connectivity index (χ2n) is 2.87. The van der Waals surface area contributed by atoms with E-state index < -0.39 is 25.1 Å². The number of primary sulfonamides is 1. The molecular formula is C5H11N5O4S2. The van der Waals surface area contributed by atoms with Gasteiger partial charge in [-0.1, -0.05) is 0 Å². The lowest BCUT2D eigenvalue weighted by Gasteiger charge is -2.04. The monoisotopic (exact) mass is 269 g/mol. The summed E-state index contributed by atoms with van der Waals surface area (Å²) in [6.45, 7) is 0. The number of rotatable bonds is 4. The Morgan fingerprint density at radius 1 is 1.38 bits per heavy atom. The molecule has 0 aliphatic heterocycles. The van der Waals surface area contributed by atoms with Crippen molar-refractivity contribution in [1.82, 2.24) is 14.5 Å². The molecule has 1 aromatic heterocycles. The van der Waals surface area contributed by atoms with Gasteiger partial charge in [0.05, 0.1) is 0 Å². The standard InChI is InChI=1S/C5H11N5O4S2/c1-7-16(13,14)9-5-4(15(6,11)12)3-10(2)8-5/h3,7H,1-2H3,(H,8,9)(H2,6,11,12). The van der Waals surface area contributed by atoms with Crippen molar-refractivity contribution in [2.24, 2.45) is 12.2 Å². The van der Waals surface area contributed by atoms with Gasteiger partial charge < -0.3 is 0 Å². The Morgan fingerprint density at radius 2 is 1.94 bits per heavy atom. The van der Waals surface area contributed by atoms with Gasteiger partial charge in [0, 0.05) is 20.3 Å². The van der Waals surface area contributed by atoms with Gasteiger partial charge in [-0.3, -0.25) is 9.40 Å². The van der Waals surface area contributed by atoms with Crippen LogP contribution in [0.3, 0.4) is 0 Å². The van der Waals surface area contributed by atoms with Gasteiger partial charge in [0.2, 0.25) is 10.0 Å². The zero-order chi connectivity index (χ0) is 12.6. The van der Waals surface area contributed by atoms with Crippen LogP contribution in [-0.2, 0) is 27.3 Å². The summed E-state index contributed by atoms with van der Waals surface area (Å²) >= 11 is 0. The maximum atomic E-state index is 11.2. The van der Waals surface area contributed by atoms with Crippen LogP contribution in [0.1, 0.15) is 0 Å². The third-order valence-corrected chi connectivity index (χ3v) is 3.51. The number of aromatic nitrogens is 2. The van der Waals surface area contributed by atoms with Crippen molar-refractivity contribution in [2.75, 3.05) is 11.8 Å². The second kappa shape index (κ2) is 4.01. The quantitative estimate of drug-likeness (QED) is 0.577. The summed E-state index contributed by atoms with van der Waals surface area (Å²) in [5.41, 5.74) is 0. The van der Waals surface area contributed by atoms with Gasteiger partial charge in [0.25, 0.3) is 10.2 Å². The van der Waals surface area contributed by atoms with E-state index in [1.165, 1.54) is 14.1 Å². The Balaban J connectivity index is 3.26. The Kier molecular flexibility index (Phi) is 3.23. The van der Waals surface area contributed by atoms with Crippen molar-refractivity contribution in [2.45, 2.75) is 4.90 Å². The molecule has 0 aliphatic carbocycles. The highest BCUT2D eigenvalue weighted by atomic mass is 32.2. The average molecular weight is 269 g/mol. The lowest BCUT2D eigenvalue weighted by molar-refractivity contribution is 0.593. The highest BCUT2D eigenvalue weighted by Crippen LogP contribution is 2.17. The third-order valence-electron chi connectivity index (χ3n) is 1.60. The van der Waals surface area contributed by atoms with Crippen LogP contribution in [0.2, 0.25) is 0 Å². The number of aryl methyl sites for hydroxylation is 1. The van der Waals surface area contributed by atoms with E-state index in [0.29, 0.717) is 0 Å². The largest absolute Gasteiger partial charge is 0.300 e. The van der Waals surface area contributed by atoms with Crippen molar-refractivity contribution in [3.05, 3.63) is 6.20 Å². The minimum Gasteiger partial charge on any atom is -0.272 e. The van der Waals surface area contributed by atoms with Crippen molar-refractivity contribution in [1.29, 1.82) is 0 Å². The SMILES string of the molecule is CNS(=O)(=O)Nc1nn(C)cc1S(N)(=O)=O. The van der Waals surface area contributed by atoms with Gasteiger partial charge in [0.15, 0.2) is 5.82 Å². The molecule has 11 heteroatoms. The van der Waals surface area contributed by atoms with Crippen LogP contribution in [0.15, 0.2) is 11.1 Å². The van der Waals surface area contributed by atoms with Crippen LogP contribution in [0, 0.1) is 0 Å². The lowest BCUT2D eigenvalue weighted by Crippen LogP contribution is -2.27. The fourth-order valence-electron chi connectivity index (χ4n) is 0.924. The first kappa shape index (κ1) is 12.9. The minimum atomic E-state index is -4.03. The smallest absolute Gasteiger partial charge is 0.272 e. The first-order chi connectivity index (χ1) is 7.15. The molecule has 0 saturated carbocycles. The van der Waals surface area contributed by atoms with Crippen LogP contribution in [0.4, 0.5) is 5.82 Å². The minimum absolute atomic E-state index is 0.348. The van der Waals surface area contributed by atoms with Crippen molar-refractivity contribution in [3.8, 4) is 0 Å². The van der Waals surface area contributed by atoms with Crippen LogP contribution in [0.5, 0.6) is 0 Å². The molecule has 0 unspecified atom stereocenters. The Hall–Kier alpha value is -1.17. The zero-order valence-corrected chi connectivity index (χ0v) is 10.1. The maximum absolute atomic E-state index is 11.2. The molecule has 1 aromatic rings. The summed E-state index contributed by atoms with van der Waals surface area (Å²) < 4.78 is 49.5. The van der Waals surface area contributed by atoms with E-state index in [4.69, 9.17) is 5.14 Å². The first-order valence-corrected chi connectivity index (χ1v) is 6.96. The predicted molar refractivity (Wildman–Crippen MR) is 56.2 cm³/mol. The number of sulfonamides is 1. The molecule has 4 N–H and O–H groups in total. The average Bonchev–Trinajstić information content (AvgIpc) is 2.45. The zero-order valence-electron chi connectivity index (χ0n) is 8.50. The summed E-state index contributed by atoms with van der Waals surface area (Å²) in [6.07, 6.45) is 1.10. The van der Waals surface area contributed by atoms with E-state index in [-0.39, 0.29) is 5.82 Å². The van der Waals surface area contributed by atoms with Gasteiger partial charge in [-0.15, -0.1) is 0 Å². The lowest BCUT2D eigenvalue weighted by atomic mass is 10.7. The van der Waals surface area contributed by atoms with Gasteiger partial charge in [0.1, 0.15) is 4.90 Å². The summed E-state index contributed by atoms with van der Waals surface area (Å²) in [7, 11) is -5.26. The molecule has 0 aliphatic rings. The Labute approximate surface area is 92.9 Å². The fraction of sp³-hybridized carbons (Fsp3) is 0.400. The molecule has 16 heavy (non-hydrogen) atoms. The van der Waals surface area contributed by atoms with Gasteiger partial charge in [-0.25, -0.2) is 18.3 Å². The second-order valence-corrected chi connectivity index (χ2v) is 6.02. The van der Waals surface area contributed by atoms with Gasteiger partial charge in [-0.2, -0.15) is 13.5 Å². The fourth-order valence-corrected chi connectivity index (χ4v) is 2.16. The molecule has 0 amide bonds. The molecule has 0 radical (unpaired) electrons. The highest BCUT2D eigenvalue weighted by molar-refractivity contribution is 7.91. The summed E-state index contributed by atoms with van der Waals surface area (Å²) in [5, 5.41) is 8.53. The number of nitrogens with two attached hydrogens (primary N) is 1. The van der Waals surface area contributed by atoms with Crippen LogP contribution >= 0.6 is 0 Å². The van der Waals surface area contributed by atoms with E-state index in [0.717, 1.165) is 10.9 Å². The maximum Gasteiger partial charge on any atom is 0.300 e. The summed E-state index contributed by atoms with van der Waals surface area (Å²) in [6, 6.07) is 0. The number of anilines is 1. The molecule has 0 fully saturated rings. The molecule has 0 bridgehead atoms. The molecule has 0 atom stereocenters. The molecule has 0 saturated heterocycles. The topological polar surface area (TPSA) is 136 Å². The van der Waals surface area contributed by atoms with Crippen LogP contribution in [0.25, 0.3) is 0 Å². The van der Waals surface area contributed by atoms with E-state index in [9.17, 15) is 16.8 Å². The third kappa shape index (κ3) is 2.91. The van der Waals surface area contributed by atoms with E-state index >= 15 is 0 Å². The van der Waals surface area contributed by atoms with Crippen molar-refractivity contribution < 1.29 is 16.8 Å². The highest BCUT2D eigenvalue weighted by Gasteiger charge is 2.21. The van der Waals surface area contributed by atoms with E-state index in [1.807, 2.05) is 9.44 Å². The number of nitrogens with zero attached hydrogens (tertiary/aromatic N) is 2. The molecule has 0 spiro atoms. The molecule has 0 aromatic carbocycles. The Bertz CT molecular complexity index is 586. The van der Waals surface area contributed by atoms with Gasteiger partial charge in [-0.05, 0) is 0 Å². The van der Waals surface area contributed by atoms with E-state index in [2.05, 4.69) is 5.10 Å². The van der Waals surface area contributed by atoms with Crippen LogP contribution in [-0.4, -0.2) is 33.7 Å². The Morgan fingerprint density at radius 3 is 2.38 bits per heavy atom. The van der Waals surface area contributed by atoms with Crippen molar-refractivity contribution >= 4 is 26.1 Å². The molecule has 92 valence electrons. The molecule has 1 heterocycles. The molecular weight excluding hydrogens is 258 g/mol. The van der Waals surface area contributed by atoms with Gasteiger partial charge >= 0.3 is 0 Å². The summed E-state index contributed by atoms with van der Waals surface area (Å²) in [5.74, 6) is -0.348. The van der Waals surface area contributed by atoms with Crippen molar-refractivity contribution in [3.63, 3.8) is 0 Å². The number of nitrogens with one attached hydrogen (secondary N) is 2. The number of hydrogen-bond donors (Lipinski definition) is 3.